The van der Waals surface area contributed by atoms with Crippen molar-refractivity contribution in [2.75, 3.05) is 30.3 Å². The molecule has 0 radical (unpaired) electrons. The molecule has 0 spiro atoms. The summed E-state index contributed by atoms with van der Waals surface area (Å²) in [6, 6.07) is 8.86. The SMILES string of the molecule is C[C@@H]1CN(c2ncccc2C(=O)CS(=O)(=O)N2CC[C@@H](CCc3ccc(Cl)cc3Cl)C2)C(C)(C)C1. The first-order valence-electron chi connectivity index (χ1n) is 12.1. The molecule has 1 aromatic carbocycles. The molecule has 1 aromatic heterocycles. The van der Waals surface area contributed by atoms with Crippen molar-refractivity contribution in [3.05, 3.63) is 57.7 Å². The van der Waals surface area contributed by atoms with Crippen molar-refractivity contribution in [2.24, 2.45) is 11.8 Å². The summed E-state index contributed by atoms with van der Waals surface area (Å²) >= 11 is 12.3. The number of sulfonamides is 1. The molecule has 0 amide bonds. The number of carbonyl (C=O) groups is 1. The van der Waals surface area contributed by atoms with Crippen LogP contribution in [0.5, 0.6) is 0 Å². The van der Waals surface area contributed by atoms with Gasteiger partial charge in [0.05, 0.1) is 5.56 Å². The molecule has 35 heavy (non-hydrogen) atoms. The third-order valence-electron chi connectivity index (χ3n) is 7.21. The molecule has 9 heteroatoms. The van der Waals surface area contributed by atoms with Gasteiger partial charge in [0.15, 0.2) is 5.78 Å². The highest BCUT2D eigenvalue weighted by Crippen LogP contribution is 2.37. The molecule has 0 N–H and O–H groups in total. The Morgan fingerprint density at radius 2 is 1.97 bits per heavy atom. The summed E-state index contributed by atoms with van der Waals surface area (Å²) in [5.41, 5.74) is 1.25. The normalized spacial score (nSPS) is 22.6. The summed E-state index contributed by atoms with van der Waals surface area (Å²) in [4.78, 5) is 19.9. The van der Waals surface area contributed by atoms with E-state index < -0.39 is 21.6 Å². The van der Waals surface area contributed by atoms with Gasteiger partial charge in [-0.05, 0) is 81.2 Å². The average molecular weight is 539 g/mol. The standard InChI is InChI=1S/C26H33Cl2N3O3S/c1-18-14-26(2,3)31(15-18)25-22(5-4-11-29-25)24(32)17-35(33,34)30-12-10-19(16-30)6-7-20-8-9-21(27)13-23(20)28/h4-5,8-9,11,13,18-19H,6-7,10,12,14-17H2,1-3H3/t18-,19+/m0/s1. The number of Topliss-reactive ketones (excluding diaryl/α,β-unsaturated/α-hetero) is 1. The topological polar surface area (TPSA) is 70.6 Å². The maximum Gasteiger partial charge on any atom is 0.221 e. The number of aromatic nitrogens is 1. The molecule has 0 bridgehead atoms. The van der Waals surface area contributed by atoms with Crippen LogP contribution < -0.4 is 4.90 Å². The zero-order valence-electron chi connectivity index (χ0n) is 20.5. The van der Waals surface area contributed by atoms with E-state index in [0.717, 1.165) is 37.8 Å². The van der Waals surface area contributed by atoms with Gasteiger partial charge in [-0.15, -0.1) is 0 Å². The maximum absolute atomic E-state index is 13.2. The molecule has 2 aromatic rings. The third-order valence-corrected chi connectivity index (χ3v) is 9.54. The largest absolute Gasteiger partial charge is 0.351 e. The molecule has 2 saturated heterocycles. The Morgan fingerprint density at radius 3 is 2.66 bits per heavy atom. The number of hydrogen-bond donors (Lipinski definition) is 0. The number of aryl methyl sites for hydroxylation is 1. The highest BCUT2D eigenvalue weighted by molar-refractivity contribution is 7.89. The van der Waals surface area contributed by atoms with Crippen LogP contribution in [0.25, 0.3) is 0 Å². The molecule has 2 fully saturated rings. The fourth-order valence-electron chi connectivity index (χ4n) is 5.49. The number of rotatable bonds is 8. The number of ketones is 1. The van der Waals surface area contributed by atoms with Crippen LogP contribution in [-0.4, -0.2) is 54.4 Å². The van der Waals surface area contributed by atoms with Gasteiger partial charge in [-0.3, -0.25) is 4.79 Å². The number of pyridine rings is 1. The van der Waals surface area contributed by atoms with Crippen molar-refractivity contribution in [3.63, 3.8) is 0 Å². The van der Waals surface area contributed by atoms with E-state index >= 15 is 0 Å². The molecule has 2 aliphatic rings. The van der Waals surface area contributed by atoms with Crippen LogP contribution in [0.4, 0.5) is 5.82 Å². The number of hydrogen-bond acceptors (Lipinski definition) is 5. The number of benzene rings is 1. The lowest BCUT2D eigenvalue weighted by atomic mass is 9.97. The van der Waals surface area contributed by atoms with Crippen LogP contribution in [0, 0.1) is 11.8 Å². The third kappa shape index (κ3) is 6.01. The summed E-state index contributed by atoms with van der Waals surface area (Å²) in [7, 11) is -3.72. The summed E-state index contributed by atoms with van der Waals surface area (Å²) in [5, 5.41) is 1.23. The lowest BCUT2D eigenvalue weighted by molar-refractivity contribution is 0.102. The van der Waals surface area contributed by atoms with Crippen LogP contribution >= 0.6 is 23.2 Å². The van der Waals surface area contributed by atoms with E-state index in [1.54, 1.807) is 24.4 Å². The molecule has 0 unspecified atom stereocenters. The van der Waals surface area contributed by atoms with Gasteiger partial charge >= 0.3 is 0 Å². The Labute approximate surface area is 218 Å². The molecule has 190 valence electrons. The molecule has 4 rings (SSSR count). The Kier molecular flexibility index (Phi) is 7.82. The van der Waals surface area contributed by atoms with Crippen LogP contribution in [0.1, 0.15) is 56.0 Å². The van der Waals surface area contributed by atoms with Gasteiger partial charge in [0.2, 0.25) is 10.0 Å². The number of nitrogens with zero attached hydrogens (tertiary/aromatic N) is 3. The molecular formula is C26H33Cl2N3O3S. The van der Waals surface area contributed by atoms with E-state index in [9.17, 15) is 13.2 Å². The number of halogens is 2. The van der Waals surface area contributed by atoms with Crippen molar-refractivity contribution in [1.29, 1.82) is 0 Å². The Balaban J connectivity index is 1.41. The fourth-order valence-corrected chi connectivity index (χ4v) is 7.49. The van der Waals surface area contributed by atoms with Crippen molar-refractivity contribution in [2.45, 2.75) is 52.0 Å². The van der Waals surface area contributed by atoms with E-state index in [2.05, 4.69) is 30.7 Å². The van der Waals surface area contributed by atoms with Crippen LogP contribution in [0.2, 0.25) is 10.0 Å². The van der Waals surface area contributed by atoms with Crippen LogP contribution in [0.3, 0.4) is 0 Å². The second kappa shape index (κ2) is 10.4. The Bertz CT molecular complexity index is 1200. The summed E-state index contributed by atoms with van der Waals surface area (Å²) < 4.78 is 27.8. The number of anilines is 1. The quantitative estimate of drug-likeness (QED) is 0.417. The first-order valence-corrected chi connectivity index (χ1v) is 14.5. The average Bonchev–Trinajstić information content (AvgIpc) is 3.36. The van der Waals surface area contributed by atoms with Crippen molar-refractivity contribution in [1.82, 2.24) is 9.29 Å². The van der Waals surface area contributed by atoms with Gasteiger partial charge in [-0.2, -0.15) is 0 Å². The summed E-state index contributed by atoms with van der Waals surface area (Å²) in [6.45, 7) is 8.11. The fraction of sp³-hybridized carbons (Fsp3) is 0.538. The summed E-state index contributed by atoms with van der Waals surface area (Å²) in [6.07, 6.45) is 5.02. The molecule has 6 nitrogen and oxygen atoms in total. The minimum Gasteiger partial charge on any atom is -0.351 e. The molecule has 2 aliphatic heterocycles. The monoisotopic (exact) mass is 537 g/mol. The van der Waals surface area contributed by atoms with E-state index in [0.29, 0.717) is 40.4 Å². The maximum atomic E-state index is 13.2. The van der Waals surface area contributed by atoms with Gasteiger partial charge in [-0.25, -0.2) is 17.7 Å². The molecule has 2 atom stereocenters. The van der Waals surface area contributed by atoms with Gasteiger partial charge in [0.1, 0.15) is 11.6 Å². The van der Waals surface area contributed by atoms with Crippen LogP contribution in [-0.2, 0) is 16.4 Å². The zero-order valence-corrected chi connectivity index (χ0v) is 22.8. The zero-order chi connectivity index (χ0) is 25.4. The van der Waals surface area contributed by atoms with Crippen molar-refractivity contribution in [3.8, 4) is 0 Å². The first-order chi connectivity index (χ1) is 16.5. The minimum absolute atomic E-state index is 0.142. The van der Waals surface area contributed by atoms with Crippen LogP contribution in [0.15, 0.2) is 36.5 Å². The van der Waals surface area contributed by atoms with Crippen molar-refractivity contribution < 1.29 is 13.2 Å². The summed E-state index contributed by atoms with van der Waals surface area (Å²) in [5.74, 6) is 0.349. The van der Waals surface area contributed by atoms with Gasteiger partial charge in [0, 0.05) is 41.4 Å². The minimum atomic E-state index is -3.72. The lowest BCUT2D eigenvalue weighted by Gasteiger charge is -2.33. The Hall–Kier alpha value is -1.67. The molecule has 0 saturated carbocycles. The van der Waals surface area contributed by atoms with E-state index in [-0.39, 0.29) is 11.5 Å². The van der Waals surface area contributed by atoms with E-state index in [1.165, 1.54) is 4.31 Å². The smallest absolute Gasteiger partial charge is 0.221 e. The molecule has 3 heterocycles. The van der Waals surface area contributed by atoms with E-state index in [4.69, 9.17) is 23.2 Å². The lowest BCUT2D eigenvalue weighted by Crippen LogP contribution is -2.40. The molecule has 0 aliphatic carbocycles. The predicted molar refractivity (Wildman–Crippen MR) is 142 cm³/mol. The van der Waals surface area contributed by atoms with Gasteiger partial charge in [0.25, 0.3) is 0 Å². The van der Waals surface area contributed by atoms with Gasteiger partial charge in [-0.1, -0.05) is 36.2 Å². The highest BCUT2D eigenvalue weighted by Gasteiger charge is 2.39. The number of carbonyl (C=O) groups excluding carboxylic acids is 1. The second-order valence-electron chi connectivity index (χ2n) is 10.6. The highest BCUT2D eigenvalue weighted by atomic mass is 35.5. The van der Waals surface area contributed by atoms with Gasteiger partial charge < -0.3 is 4.90 Å². The Morgan fingerprint density at radius 1 is 1.20 bits per heavy atom. The first kappa shape index (κ1) is 26.4. The van der Waals surface area contributed by atoms with E-state index in [1.807, 2.05) is 12.1 Å². The molecular weight excluding hydrogens is 505 g/mol. The van der Waals surface area contributed by atoms with Crippen molar-refractivity contribution >= 4 is 44.8 Å². The second-order valence-corrected chi connectivity index (χ2v) is 13.4. The predicted octanol–water partition coefficient (Wildman–Crippen LogP) is 5.48.